The second-order valence-corrected chi connectivity index (χ2v) is 8.77. The summed E-state index contributed by atoms with van der Waals surface area (Å²) < 4.78 is 0. The molecule has 6 nitrogen and oxygen atoms in total. The van der Waals surface area contributed by atoms with Crippen LogP contribution in [0.5, 0.6) is 0 Å². The molecule has 2 aromatic heterocycles. The molecular weight excluding hydrogens is 352 g/mol. The minimum Gasteiger partial charge on any atom is -0.346 e. The Labute approximate surface area is 163 Å². The number of hydrogen-bond acceptors (Lipinski definition) is 3. The van der Waals surface area contributed by atoms with Crippen molar-refractivity contribution in [1.29, 1.82) is 0 Å². The maximum atomic E-state index is 12.7. The van der Waals surface area contributed by atoms with E-state index >= 15 is 0 Å². The number of anilines is 1. The zero-order valence-corrected chi connectivity index (χ0v) is 15.8. The number of amides is 2. The molecule has 2 aliphatic carbocycles. The largest absolute Gasteiger partial charge is 0.346 e. The van der Waals surface area contributed by atoms with Crippen molar-refractivity contribution in [3.63, 3.8) is 0 Å². The van der Waals surface area contributed by atoms with Gasteiger partial charge >= 0.3 is 0 Å². The molecule has 6 rings (SSSR count). The van der Waals surface area contributed by atoms with Gasteiger partial charge < -0.3 is 15.2 Å². The number of hydrogen-bond donors (Lipinski definition) is 2. The van der Waals surface area contributed by atoms with E-state index in [1.807, 2.05) is 12.3 Å². The normalized spacial score (nSPS) is 26.4. The first-order valence-corrected chi connectivity index (χ1v) is 10.5. The molecule has 0 aromatic carbocycles. The summed E-state index contributed by atoms with van der Waals surface area (Å²) >= 11 is 0. The summed E-state index contributed by atoms with van der Waals surface area (Å²) in [4.78, 5) is 34.9. The second kappa shape index (κ2) is 5.93. The molecule has 2 N–H and O–H groups in total. The van der Waals surface area contributed by atoms with Crippen LogP contribution in [-0.4, -0.2) is 38.8 Å². The lowest BCUT2D eigenvalue weighted by Crippen LogP contribution is -2.43. The Kier molecular flexibility index (Phi) is 3.46. The van der Waals surface area contributed by atoms with E-state index < -0.39 is 0 Å². The van der Waals surface area contributed by atoms with Crippen molar-refractivity contribution in [2.24, 2.45) is 11.8 Å². The van der Waals surface area contributed by atoms with Crippen molar-refractivity contribution >= 4 is 34.2 Å². The summed E-state index contributed by atoms with van der Waals surface area (Å²) in [7, 11) is 0. The Hall–Kier alpha value is -2.63. The fourth-order valence-corrected chi connectivity index (χ4v) is 4.86. The Balaban J connectivity index is 1.36. The molecule has 144 valence electrons. The number of pyridine rings is 1. The Morgan fingerprint density at radius 3 is 2.68 bits per heavy atom. The lowest BCUT2D eigenvalue weighted by molar-refractivity contribution is -0.134. The quantitative estimate of drug-likeness (QED) is 0.858. The predicted molar refractivity (Wildman–Crippen MR) is 106 cm³/mol. The van der Waals surface area contributed by atoms with Crippen LogP contribution in [0.1, 0.15) is 50.5 Å². The molecule has 2 aliphatic heterocycles. The van der Waals surface area contributed by atoms with E-state index in [4.69, 9.17) is 0 Å². The second-order valence-electron chi connectivity index (χ2n) is 8.77. The average molecular weight is 376 g/mol. The standard InChI is InChI=1S/C22H24N4O2/c27-21(12-1-2-12)25-19-11-18(17-7-8-23-20(17)24-19)14-9-15-5-6-16(10-14)26(15)22(28)13-3-4-13/h7-9,11-13,15-16H,1-6,10H2,(H2,23,24,25,27). The fraction of sp³-hybridized carbons (Fsp3) is 0.500. The van der Waals surface area contributed by atoms with Crippen LogP contribution < -0.4 is 5.32 Å². The maximum absolute atomic E-state index is 12.7. The van der Waals surface area contributed by atoms with Crippen LogP contribution in [0.4, 0.5) is 5.82 Å². The first kappa shape index (κ1) is 16.3. The minimum absolute atomic E-state index is 0.0725. The van der Waals surface area contributed by atoms with Gasteiger partial charge in [-0.2, -0.15) is 0 Å². The average Bonchev–Trinajstić information content (AvgIpc) is 3.60. The molecule has 0 spiro atoms. The number of rotatable bonds is 4. The molecule has 3 fully saturated rings. The third kappa shape index (κ3) is 2.65. The molecular formula is C22H24N4O2. The van der Waals surface area contributed by atoms with Crippen LogP contribution in [0.25, 0.3) is 16.6 Å². The first-order chi connectivity index (χ1) is 13.7. The van der Waals surface area contributed by atoms with Gasteiger partial charge in [-0.3, -0.25) is 9.59 Å². The van der Waals surface area contributed by atoms with E-state index in [1.165, 1.54) is 5.57 Å². The van der Waals surface area contributed by atoms with Gasteiger partial charge in [-0.25, -0.2) is 4.98 Å². The third-order valence-electron chi connectivity index (χ3n) is 6.65. The zero-order valence-electron chi connectivity index (χ0n) is 15.8. The van der Waals surface area contributed by atoms with Crippen LogP contribution in [-0.2, 0) is 9.59 Å². The van der Waals surface area contributed by atoms with Gasteiger partial charge in [-0.15, -0.1) is 0 Å². The number of nitrogens with one attached hydrogen (secondary N) is 2. The molecule has 1 saturated heterocycles. The predicted octanol–water partition coefficient (Wildman–Crippen LogP) is 3.47. The Morgan fingerprint density at radius 1 is 1.11 bits per heavy atom. The number of aromatic amines is 1. The summed E-state index contributed by atoms with van der Waals surface area (Å²) in [6.07, 6.45) is 11.3. The Bertz CT molecular complexity index is 1010. The van der Waals surface area contributed by atoms with Gasteiger partial charge in [0, 0.05) is 29.5 Å². The number of carbonyl (C=O) groups excluding carboxylic acids is 2. The topological polar surface area (TPSA) is 78.1 Å². The van der Waals surface area contributed by atoms with E-state index in [-0.39, 0.29) is 23.8 Å². The van der Waals surface area contributed by atoms with Crippen molar-refractivity contribution in [1.82, 2.24) is 14.9 Å². The van der Waals surface area contributed by atoms with Crippen molar-refractivity contribution < 1.29 is 9.59 Å². The van der Waals surface area contributed by atoms with Gasteiger partial charge in [-0.05, 0) is 68.2 Å². The summed E-state index contributed by atoms with van der Waals surface area (Å²) in [5.41, 5.74) is 3.21. The lowest BCUT2D eigenvalue weighted by Gasteiger charge is -2.34. The summed E-state index contributed by atoms with van der Waals surface area (Å²) in [5, 5.41) is 4.07. The minimum atomic E-state index is 0.0725. The van der Waals surface area contributed by atoms with Crippen LogP contribution in [0.3, 0.4) is 0 Å². The van der Waals surface area contributed by atoms with E-state index in [0.717, 1.165) is 61.5 Å². The summed E-state index contributed by atoms with van der Waals surface area (Å²) in [5.74, 6) is 1.48. The fourth-order valence-electron chi connectivity index (χ4n) is 4.86. The molecule has 2 aromatic rings. The summed E-state index contributed by atoms with van der Waals surface area (Å²) in [6.45, 7) is 0. The highest BCUT2D eigenvalue weighted by Gasteiger charge is 2.44. The number of carbonyl (C=O) groups is 2. The van der Waals surface area contributed by atoms with Crippen LogP contribution in [0.15, 0.2) is 24.4 Å². The Morgan fingerprint density at radius 2 is 1.93 bits per heavy atom. The molecule has 2 bridgehead atoms. The SMILES string of the molecule is O=C(Nc1cc(C2=CC3CCC(C2)N3C(=O)C2CC2)c2cc[nH]c2n1)C1CC1. The summed E-state index contributed by atoms with van der Waals surface area (Å²) in [6, 6.07) is 4.59. The van der Waals surface area contributed by atoms with E-state index in [1.54, 1.807) is 0 Å². The molecule has 4 heterocycles. The van der Waals surface area contributed by atoms with E-state index in [9.17, 15) is 9.59 Å². The van der Waals surface area contributed by atoms with E-state index in [0.29, 0.717) is 17.8 Å². The van der Waals surface area contributed by atoms with Gasteiger partial charge in [0.25, 0.3) is 0 Å². The maximum Gasteiger partial charge on any atom is 0.228 e. The van der Waals surface area contributed by atoms with Crippen molar-refractivity contribution in [2.45, 2.75) is 57.0 Å². The van der Waals surface area contributed by atoms with Gasteiger partial charge in [0.05, 0.1) is 6.04 Å². The van der Waals surface area contributed by atoms with Crippen molar-refractivity contribution in [2.75, 3.05) is 5.32 Å². The van der Waals surface area contributed by atoms with Crippen molar-refractivity contribution in [3.05, 3.63) is 30.0 Å². The van der Waals surface area contributed by atoms with Gasteiger partial charge in [0.15, 0.2) is 0 Å². The number of H-pyrrole nitrogens is 1. The molecule has 0 radical (unpaired) electrons. The molecule has 2 amide bonds. The lowest BCUT2D eigenvalue weighted by atomic mass is 9.93. The number of aromatic nitrogens is 2. The number of nitrogens with zero attached hydrogens (tertiary/aromatic N) is 2. The van der Waals surface area contributed by atoms with Gasteiger partial charge in [-0.1, -0.05) is 6.08 Å². The van der Waals surface area contributed by atoms with Crippen LogP contribution in [0, 0.1) is 11.8 Å². The number of fused-ring (bicyclic) bond motifs is 3. The van der Waals surface area contributed by atoms with E-state index in [2.05, 4.69) is 32.3 Å². The molecule has 4 aliphatic rings. The highest BCUT2D eigenvalue weighted by Crippen LogP contribution is 2.43. The van der Waals surface area contributed by atoms with Crippen LogP contribution >= 0.6 is 0 Å². The third-order valence-corrected chi connectivity index (χ3v) is 6.65. The van der Waals surface area contributed by atoms with Gasteiger partial charge in [0.2, 0.25) is 11.8 Å². The van der Waals surface area contributed by atoms with Crippen molar-refractivity contribution in [3.8, 4) is 0 Å². The first-order valence-electron chi connectivity index (χ1n) is 10.5. The highest BCUT2D eigenvalue weighted by molar-refractivity contribution is 5.97. The molecule has 2 unspecified atom stereocenters. The van der Waals surface area contributed by atoms with Gasteiger partial charge in [0.1, 0.15) is 11.5 Å². The molecule has 28 heavy (non-hydrogen) atoms. The smallest absolute Gasteiger partial charge is 0.228 e. The zero-order chi connectivity index (χ0) is 18.8. The van der Waals surface area contributed by atoms with Crippen LogP contribution in [0.2, 0.25) is 0 Å². The highest BCUT2D eigenvalue weighted by atomic mass is 16.2. The molecule has 6 heteroatoms. The molecule has 2 saturated carbocycles. The molecule has 2 atom stereocenters. The monoisotopic (exact) mass is 376 g/mol.